The van der Waals surface area contributed by atoms with Crippen molar-refractivity contribution in [2.45, 2.75) is 57.8 Å². The molecule has 2 amide bonds. The predicted octanol–water partition coefficient (Wildman–Crippen LogP) is 2.97. The lowest BCUT2D eigenvalue weighted by molar-refractivity contribution is -0.132. The highest BCUT2D eigenvalue weighted by atomic mass is 16.5. The van der Waals surface area contributed by atoms with Gasteiger partial charge in [0.1, 0.15) is 0 Å². The van der Waals surface area contributed by atoms with E-state index in [0.717, 1.165) is 19.3 Å². The molecular weight excluding hydrogens is 378 g/mol. The van der Waals surface area contributed by atoms with Crippen LogP contribution < -0.4 is 5.32 Å². The summed E-state index contributed by atoms with van der Waals surface area (Å²) in [5.74, 6) is 0.748. The molecule has 3 heterocycles. The number of hydrogen-bond acceptors (Lipinski definition) is 4. The zero-order valence-corrected chi connectivity index (χ0v) is 18.0. The molecule has 1 aromatic heterocycles. The summed E-state index contributed by atoms with van der Waals surface area (Å²) < 4.78 is 5.60. The molecule has 1 spiro atoms. The molecule has 1 N–H and O–H groups in total. The average molecular weight is 414 g/mol. The van der Waals surface area contributed by atoms with E-state index in [1.165, 1.54) is 37.7 Å². The largest absolute Gasteiger partial charge is 0.381 e. The minimum atomic E-state index is -0.130. The number of likely N-dealkylation sites (tertiary alicyclic amines) is 1. The quantitative estimate of drug-likeness (QED) is 0.778. The number of pyridine rings is 1. The van der Waals surface area contributed by atoms with E-state index in [-0.39, 0.29) is 23.1 Å². The van der Waals surface area contributed by atoms with Crippen molar-refractivity contribution in [3.05, 3.63) is 30.1 Å². The lowest BCUT2D eigenvalue weighted by Crippen LogP contribution is -2.44. The Hall–Kier alpha value is -1.95. The van der Waals surface area contributed by atoms with Gasteiger partial charge < -0.3 is 15.0 Å². The molecule has 0 aromatic carbocycles. The number of nitrogens with one attached hydrogen (secondary N) is 1. The van der Waals surface area contributed by atoms with Crippen molar-refractivity contribution in [1.29, 1.82) is 0 Å². The van der Waals surface area contributed by atoms with Crippen molar-refractivity contribution in [2.75, 3.05) is 32.8 Å². The summed E-state index contributed by atoms with van der Waals surface area (Å²) in [6, 6.07) is 3.96. The Labute approximate surface area is 179 Å². The van der Waals surface area contributed by atoms with Crippen LogP contribution in [0.25, 0.3) is 0 Å². The summed E-state index contributed by atoms with van der Waals surface area (Å²) in [6.45, 7) is 3.26. The van der Waals surface area contributed by atoms with Crippen molar-refractivity contribution in [3.8, 4) is 0 Å². The Morgan fingerprint density at radius 1 is 1.13 bits per heavy atom. The Kier molecular flexibility index (Phi) is 7.03. The van der Waals surface area contributed by atoms with Gasteiger partial charge in [0.25, 0.3) is 0 Å². The maximum Gasteiger partial charge on any atom is 0.225 e. The van der Waals surface area contributed by atoms with Crippen LogP contribution in [-0.2, 0) is 20.7 Å². The summed E-state index contributed by atoms with van der Waals surface area (Å²) in [6.07, 6.45) is 12.9. The van der Waals surface area contributed by atoms with E-state index < -0.39 is 0 Å². The maximum absolute atomic E-state index is 13.2. The molecule has 164 valence electrons. The number of amides is 2. The first-order valence-electron chi connectivity index (χ1n) is 11.7. The molecule has 1 aliphatic carbocycles. The highest BCUT2D eigenvalue weighted by molar-refractivity contribution is 5.83. The first-order chi connectivity index (χ1) is 14.7. The molecule has 3 aliphatic rings. The standard InChI is InChI=1S/C24H35N3O3/c28-22(16-20-4-2-1-3-5-20)27-17-21(24(18-27)9-14-30-15-10-24)23(29)26-13-8-19-6-11-25-12-7-19/h6-7,11-12,20-21H,1-5,8-10,13-18H2,(H,26,29). The normalized spacial score (nSPS) is 24.1. The molecule has 4 rings (SSSR count). The molecule has 0 radical (unpaired) electrons. The topological polar surface area (TPSA) is 71.5 Å². The third kappa shape index (κ3) is 5.02. The summed E-state index contributed by atoms with van der Waals surface area (Å²) >= 11 is 0. The monoisotopic (exact) mass is 413 g/mol. The lowest BCUT2D eigenvalue weighted by Gasteiger charge is -2.37. The van der Waals surface area contributed by atoms with Gasteiger partial charge >= 0.3 is 0 Å². The van der Waals surface area contributed by atoms with Crippen LogP contribution in [0.3, 0.4) is 0 Å². The summed E-state index contributed by atoms with van der Waals surface area (Å²) in [5.41, 5.74) is 1.04. The number of aromatic nitrogens is 1. The third-order valence-electron chi connectivity index (χ3n) is 7.46. The second-order valence-electron chi connectivity index (χ2n) is 9.41. The molecular formula is C24H35N3O3. The molecule has 3 fully saturated rings. The SMILES string of the molecule is O=C(NCCc1ccncc1)C1CN(C(=O)CC2CCCCC2)CC12CCOCC2. The fraction of sp³-hybridized carbons (Fsp3) is 0.708. The molecule has 30 heavy (non-hydrogen) atoms. The van der Waals surface area contributed by atoms with Gasteiger partial charge in [0, 0.05) is 57.1 Å². The Morgan fingerprint density at radius 2 is 1.87 bits per heavy atom. The van der Waals surface area contributed by atoms with Gasteiger partial charge in [-0.25, -0.2) is 0 Å². The van der Waals surface area contributed by atoms with E-state index >= 15 is 0 Å². The molecule has 2 saturated heterocycles. The van der Waals surface area contributed by atoms with Gasteiger partial charge in [-0.3, -0.25) is 14.6 Å². The second-order valence-corrected chi connectivity index (χ2v) is 9.41. The molecule has 0 bridgehead atoms. The van der Waals surface area contributed by atoms with E-state index in [0.29, 0.717) is 45.2 Å². The zero-order valence-electron chi connectivity index (χ0n) is 18.0. The van der Waals surface area contributed by atoms with Gasteiger partial charge in [-0.15, -0.1) is 0 Å². The Bertz CT molecular complexity index is 712. The highest BCUT2D eigenvalue weighted by Gasteiger charge is 2.51. The van der Waals surface area contributed by atoms with E-state index in [1.54, 1.807) is 12.4 Å². The first kappa shape index (κ1) is 21.3. The summed E-state index contributed by atoms with van der Waals surface area (Å²) in [4.78, 5) is 32.3. The maximum atomic E-state index is 13.2. The Balaban J connectivity index is 1.36. The molecule has 1 atom stereocenters. The number of nitrogens with zero attached hydrogens (tertiary/aromatic N) is 2. The molecule has 6 nitrogen and oxygen atoms in total. The van der Waals surface area contributed by atoms with Gasteiger partial charge in [0.15, 0.2) is 0 Å². The van der Waals surface area contributed by atoms with E-state index in [4.69, 9.17) is 4.74 Å². The fourth-order valence-electron chi connectivity index (χ4n) is 5.57. The number of hydrogen-bond donors (Lipinski definition) is 1. The minimum Gasteiger partial charge on any atom is -0.381 e. The smallest absolute Gasteiger partial charge is 0.225 e. The molecule has 2 aliphatic heterocycles. The average Bonchev–Trinajstić information content (AvgIpc) is 3.14. The molecule has 1 saturated carbocycles. The van der Waals surface area contributed by atoms with Crippen LogP contribution in [0.4, 0.5) is 0 Å². The fourth-order valence-corrected chi connectivity index (χ4v) is 5.57. The highest BCUT2D eigenvalue weighted by Crippen LogP contribution is 2.45. The van der Waals surface area contributed by atoms with Crippen molar-refractivity contribution in [3.63, 3.8) is 0 Å². The zero-order chi connectivity index (χ0) is 20.8. The van der Waals surface area contributed by atoms with Crippen molar-refractivity contribution < 1.29 is 14.3 Å². The number of rotatable bonds is 6. The van der Waals surface area contributed by atoms with Crippen LogP contribution in [-0.4, -0.2) is 54.5 Å². The van der Waals surface area contributed by atoms with Crippen LogP contribution in [0.1, 0.15) is 56.9 Å². The van der Waals surface area contributed by atoms with Gasteiger partial charge in [-0.1, -0.05) is 19.3 Å². The Morgan fingerprint density at radius 3 is 2.60 bits per heavy atom. The van der Waals surface area contributed by atoms with Crippen LogP contribution in [0.5, 0.6) is 0 Å². The van der Waals surface area contributed by atoms with Crippen LogP contribution in [0, 0.1) is 17.3 Å². The van der Waals surface area contributed by atoms with Crippen LogP contribution in [0.15, 0.2) is 24.5 Å². The molecule has 6 heteroatoms. The third-order valence-corrected chi connectivity index (χ3v) is 7.46. The van der Waals surface area contributed by atoms with Crippen molar-refractivity contribution >= 4 is 11.8 Å². The number of ether oxygens (including phenoxy) is 1. The first-order valence-corrected chi connectivity index (χ1v) is 11.7. The minimum absolute atomic E-state index is 0.0962. The molecule has 1 unspecified atom stereocenters. The van der Waals surface area contributed by atoms with Crippen molar-refractivity contribution in [1.82, 2.24) is 15.2 Å². The van der Waals surface area contributed by atoms with Crippen molar-refractivity contribution in [2.24, 2.45) is 17.3 Å². The van der Waals surface area contributed by atoms with Gasteiger partial charge in [0.2, 0.25) is 11.8 Å². The van der Waals surface area contributed by atoms with E-state index in [9.17, 15) is 9.59 Å². The number of carbonyl (C=O) groups excluding carboxylic acids is 2. The van der Waals surface area contributed by atoms with Gasteiger partial charge in [-0.05, 0) is 55.7 Å². The van der Waals surface area contributed by atoms with E-state index in [1.807, 2.05) is 17.0 Å². The second kappa shape index (κ2) is 9.90. The summed E-state index contributed by atoms with van der Waals surface area (Å²) in [5, 5.41) is 3.15. The van der Waals surface area contributed by atoms with Crippen LogP contribution in [0.2, 0.25) is 0 Å². The predicted molar refractivity (Wildman–Crippen MR) is 115 cm³/mol. The van der Waals surface area contributed by atoms with Crippen LogP contribution >= 0.6 is 0 Å². The van der Waals surface area contributed by atoms with E-state index in [2.05, 4.69) is 10.3 Å². The summed E-state index contributed by atoms with van der Waals surface area (Å²) in [7, 11) is 0. The van der Waals surface area contributed by atoms with Gasteiger partial charge in [0.05, 0.1) is 5.92 Å². The van der Waals surface area contributed by atoms with Gasteiger partial charge in [-0.2, -0.15) is 0 Å². The number of carbonyl (C=O) groups is 2. The lowest BCUT2D eigenvalue weighted by atomic mass is 9.71. The molecule has 1 aromatic rings.